The topological polar surface area (TPSA) is 74.5 Å². The van der Waals surface area contributed by atoms with Crippen molar-refractivity contribution in [3.8, 4) is 0 Å². The van der Waals surface area contributed by atoms with E-state index >= 15 is 0 Å². The highest BCUT2D eigenvalue weighted by Crippen LogP contribution is 2.25. The van der Waals surface area contributed by atoms with Crippen molar-refractivity contribution in [1.29, 1.82) is 0 Å². The molecule has 2 rings (SSSR count). The third-order valence-corrected chi connectivity index (χ3v) is 3.23. The van der Waals surface area contributed by atoms with Crippen LogP contribution in [0.5, 0.6) is 0 Å². The Balaban J connectivity index is 2.11. The molecule has 1 aromatic heterocycles. The van der Waals surface area contributed by atoms with Gasteiger partial charge in [0.15, 0.2) is 0 Å². The molecule has 0 aliphatic carbocycles. The number of aromatic nitrogens is 1. The van der Waals surface area contributed by atoms with Gasteiger partial charge in [-0.1, -0.05) is 0 Å². The Labute approximate surface area is 113 Å². The van der Waals surface area contributed by atoms with Crippen LogP contribution in [-0.4, -0.2) is 53.0 Å². The van der Waals surface area contributed by atoms with E-state index in [1.54, 1.807) is 6.20 Å². The molecule has 0 amide bonds. The molecule has 0 aromatic carbocycles. The maximum atomic E-state index is 10.9. The van der Waals surface area contributed by atoms with E-state index in [0.717, 1.165) is 26.2 Å². The molecule has 2 heterocycles. The summed E-state index contributed by atoms with van der Waals surface area (Å²) in [6.45, 7) is 3.48. The maximum Gasteiger partial charge on any atom is 0.313 e. The minimum Gasteiger partial charge on any atom is -0.304 e. The van der Waals surface area contributed by atoms with Gasteiger partial charge in [-0.05, 0) is 23.0 Å². The van der Waals surface area contributed by atoms with Crippen LogP contribution in [0.3, 0.4) is 0 Å². The first-order valence-corrected chi connectivity index (χ1v) is 6.35. The van der Waals surface area contributed by atoms with Crippen LogP contribution in [0.1, 0.15) is 0 Å². The first-order valence-electron chi connectivity index (χ1n) is 5.56. The fourth-order valence-corrected chi connectivity index (χ4v) is 2.04. The van der Waals surface area contributed by atoms with E-state index < -0.39 is 4.92 Å². The first-order chi connectivity index (χ1) is 8.56. The summed E-state index contributed by atoms with van der Waals surface area (Å²) in [5, 5.41) is 12.9. The fourth-order valence-electron chi connectivity index (χ4n) is 1.72. The zero-order valence-electron chi connectivity index (χ0n) is 9.97. The molecule has 0 bridgehead atoms. The van der Waals surface area contributed by atoms with Crippen molar-refractivity contribution in [3.05, 3.63) is 26.9 Å². The number of anilines is 1. The molecule has 98 valence electrons. The van der Waals surface area contributed by atoms with E-state index in [2.05, 4.69) is 38.3 Å². The van der Waals surface area contributed by atoms with E-state index in [4.69, 9.17) is 0 Å². The second-order valence-corrected chi connectivity index (χ2v) is 5.10. The van der Waals surface area contributed by atoms with Crippen molar-refractivity contribution in [2.75, 3.05) is 38.7 Å². The summed E-state index contributed by atoms with van der Waals surface area (Å²) in [7, 11) is 2.05. The van der Waals surface area contributed by atoms with Crippen LogP contribution in [0.4, 0.5) is 11.5 Å². The number of nitro groups is 1. The SMILES string of the molecule is CN1CCN(Nc2ncc(Br)cc2[N+](=O)[O-])CC1. The molecule has 1 aliphatic heterocycles. The molecule has 7 nitrogen and oxygen atoms in total. The maximum absolute atomic E-state index is 10.9. The van der Waals surface area contributed by atoms with E-state index in [1.165, 1.54) is 6.07 Å². The summed E-state index contributed by atoms with van der Waals surface area (Å²) in [4.78, 5) is 16.8. The van der Waals surface area contributed by atoms with Crippen molar-refractivity contribution in [2.24, 2.45) is 0 Å². The number of likely N-dealkylation sites (N-methyl/N-ethyl adjacent to an activating group) is 1. The molecule has 18 heavy (non-hydrogen) atoms. The predicted octanol–water partition coefficient (Wildman–Crippen LogP) is 1.33. The zero-order valence-corrected chi connectivity index (χ0v) is 11.6. The Kier molecular flexibility index (Phi) is 4.10. The molecule has 0 radical (unpaired) electrons. The number of hydrazine groups is 1. The third kappa shape index (κ3) is 3.15. The Morgan fingerprint density at radius 3 is 2.72 bits per heavy atom. The lowest BCUT2D eigenvalue weighted by atomic mass is 10.3. The Bertz CT molecular complexity index is 448. The van der Waals surface area contributed by atoms with Crippen LogP contribution in [0, 0.1) is 10.1 Å². The van der Waals surface area contributed by atoms with Gasteiger partial charge in [0.2, 0.25) is 5.82 Å². The molecule has 1 N–H and O–H groups in total. The number of pyridine rings is 1. The lowest BCUT2D eigenvalue weighted by Gasteiger charge is -2.32. The number of hydrogen-bond donors (Lipinski definition) is 1. The van der Waals surface area contributed by atoms with Crippen LogP contribution in [0.15, 0.2) is 16.7 Å². The van der Waals surface area contributed by atoms with Crippen molar-refractivity contribution >= 4 is 27.4 Å². The zero-order chi connectivity index (χ0) is 13.1. The molecule has 0 unspecified atom stereocenters. The highest BCUT2D eigenvalue weighted by molar-refractivity contribution is 9.10. The van der Waals surface area contributed by atoms with Crippen LogP contribution < -0.4 is 5.43 Å². The van der Waals surface area contributed by atoms with Crippen molar-refractivity contribution < 1.29 is 4.92 Å². The molecule has 1 fully saturated rings. The predicted molar refractivity (Wildman–Crippen MR) is 71.3 cm³/mol. The average Bonchev–Trinajstić information content (AvgIpc) is 2.34. The van der Waals surface area contributed by atoms with Crippen LogP contribution in [0.25, 0.3) is 0 Å². The number of nitrogens with one attached hydrogen (secondary N) is 1. The fraction of sp³-hybridized carbons (Fsp3) is 0.500. The highest BCUT2D eigenvalue weighted by atomic mass is 79.9. The largest absolute Gasteiger partial charge is 0.313 e. The minimum absolute atomic E-state index is 0.0247. The van der Waals surface area contributed by atoms with Gasteiger partial charge in [0.25, 0.3) is 0 Å². The average molecular weight is 316 g/mol. The monoisotopic (exact) mass is 315 g/mol. The van der Waals surface area contributed by atoms with Crippen LogP contribution in [-0.2, 0) is 0 Å². The first kappa shape index (κ1) is 13.2. The van der Waals surface area contributed by atoms with Gasteiger partial charge in [0.1, 0.15) is 0 Å². The molecule has 0 spiro atoms. The van der Waals surface area contributed by atoms with Gasteiger partial charge in [-0.3, -0.25) is 15.5 Å². The van der Waals surface area contributed by atoms with Crippen LogP contribution >= 0.6 is 15.9 Å². The molecule has 0 atom stereocenters. The highest BCUT2D eigenvalue weighted by Gasteiger charge is 2.20. The van der Waals surface area contributed by atoms with Gasteiger partial charge in [-0.25, -0.2) is 9.99 Å². The van der Waals surface area contributed by atoms with Gasteiger partial charge >= 0.3 is 5.69 Å². The van der Waals surface area contributed by atoms with Gasteiger partial charge < -0.3 is 4.90 Å². The molecule has 1 aliphatic rings. The quantitative estimate of drug-likeness (QED) is 0.670. The van der Waals surface area contributed by atoms with Crippen molar-refractivity contribution in [1.82, 2.24) is 14.9 Å². The summed E-state index contributed by atoms with van der Waals surface area (Å²) >= 11 is 3.18. The second-order valence-electron chi connectivity index (χ2n) is 4.18. The van der Waals surface area contributed by atoms with Crippen molar-refractivity contribution in [2.45, 2.75) is 0 Å². The van der Waals surface area contributed by atoms with E-state index in [1.807, 2.05) is 5.01 Å². The van der Waals surface area contributed by atoms with E-state index in [9.17, 15) is 10.1 Å². The van der Waals surface area contributed by atoms with E-state index in [-0.39, 0.29) is 11.5 Å². The normalized spacial score (nSPS) is 17.7. The number of nitrogens with zero attached hydrogens (tertiary/aromatic N) is 4. The molecular weight excluding hydrogens is 302 g/mol. The summed E-state index contributed by atoms with van der Waals surface area (Å²) in [5.74, 6) is 0.285. The molecule has 0 saturated carbocycles. The number of rotatable bonds is 3. The molecular formula is C10H14BrN5O2. The molecule has 8 heteroatoms. The Morgan fingerprint density at radius 2 is 2.11 bits per heavy atom. The summed E-state index contributed by atoms with van der Waals surface area (Å²) in [5.41, 5.74) is 2.99. The molecule has 1 saturated heterocycles. The number of halogens is 1. The Hall–Kier alpha value is -1.25. The summed E-state index contributed by atoms with van der Waals surface area (Å²) in [6, 6.07) is 1.45. The third-order valence-electron chi connectivity index (χ3n) is 2.80. The standard InChI is InChI=1S/C10H14BrN5O2/c1-14-2-4-15(5-3-14)13-10-9(16(17)18)6-8(11)7-12-10/h6-7H,2-5H2,1H3,(H,12,13). The van der Waals surface area contributed by atoms with Gasteiger partial charge in [0, 0.05) is 42.9 Å². The Morgan fingerprint density at radius 1 is 1.44 bits per heavy atom. The lowest BCUT2D eigenvalue weighted by molar-refractivity contribution is -0.384. The van der Waals surface area contributed by atoms with Gasteiger partial charge in [-0.2, -0.15) is 0 Å². The number of piperazine rings is 1. The van der Waals surface area contributed by atoms with E-state index in [0.29, 0.717) is 4.47 Å². The van der Waals surface area contributed by atoms with Gasteiger partial charge in [-0.15, -0.1) is 0 Å². The second kappa shape index (κ2) is 5.59. The summed E-state index contributed by atoms with van der Waals surface area (Å²) < 4.78 is 0.595. The number of hydrogen-bond acceptors (Lipinski definition) is 6. The minimum atomic E-state index is -0.434. The van der Waals surface area contributed by atoms with Gasteiger partial charge in [0.05, 0.1) is 4.92 Å². The smallest absolute Gasteiger partial charge is 0.304 e. The summed E-state index contributed by atoms with van der Waals surface area (Å²) in [6.07, 6.45) is 1.55. The van der Waals surface area contributed by atoms with Crippen LogP contribution in [0.2, 0.25) is 0 Å². The lowest BCUT2D eigenvalue weighted by Crippen LogP contribution is -2.47. The molecule has 1 aromatic rings. The van der Waals surface area contributed by atoms with Crippen molar-refractivity contribution in [3.63, 3.8) is 0 Å².